The van der Waals surface area contributed by atoms with Gasteiger partial charge in [-0.15, -0.1) is 0 Å². The van der Waals surface area contributed by atoms with E-state index < -0.39 is 33.4 Å². The SMILES string of the molecule is CCCCNC(=O)[C@H](CC)N(Cc1ccccc1Cl)C(=O)CN(c1cccc([N+](=O)[O-])c1)S(C)(=O)=O. The fourth-order valence-corrected chi connectivity index (χ4v) is 4.65. The van der Waals surface area contributed by atoms with Gasteiger partial charge in [-0.05, 0) is 30.5 Å². The molecule has 0 bridgehead atoms. The molecule has 0 unspecified atom stereocenters. The normalized spacial score (nSPS) is 12.0. The highest BCUT2D eigenvalue weighted by molar-refractivity contribution is 7.92. The number of benzene rings is 2. The van der Waals surface area contributed by atoms with Gasteiger partial charge in [0.15, 0.2) is 0 Å². The summed E-state index contributed by atoms with van der Waals surface area (Å²) in [5.41, 5.74) is 0.245. The van der Waals surface area contributed by atoms with E-state index in [0.29, 0.717) is 17.1 Å². The van der Waals surface area contributed by atoms with Gasteiger partial charge in [-0.2, -0.15) is 0 Å². The van der Waals surface area contributed by atoms with Crippen molar-refractivity contribution < 1.29 is 22.9 Å². The quantitative estimate of drug-likeness (QED) is 0.235. The average molecular weight is 539 g/mol. The first kappa shape index (κ1) is 29.1. The van der Waals surface area contributed by atoms with Crippen LogP contribution in [0.3, 0.4) is 0 Å². The molecule has 0 aliphatic rings. The Morgan fingerprint density at radius 1 is 1.14 bits per heavy atom. The Hall–Kier alpha value is -3.18. The number of carbonyl (C=O) groups excluding carboxylic acids is 2. The van der Waals surface area contributed by atoms with E-state index in [0.717, 1.165) is 29.5 Å². The number of nitro groups is 1. The Morgan fingerprint density at radius 2 is 1.83 bits per heavy atom. The lowest BCUT2D eigenvalue weighted by Gasteiger charge is -2.33. The van der Waals surface area contributed by atoms with Gasteiger partial charge in [0, 0.05) is 30.2 Å². The third-order valence-corrected chi connectivity index (χ3v) is 7.03. The summed E-state index contributed by atoms with van der Waals surface area (Å²) in [4.78, 5) is 38.5. The average Bonchev–Trinajstić information content (AvgIpc) is 2.83. The zero-order valence-electron chi connectivity index (χ0n) is 20.5. The number of sulfonamides is 1. The monoisotopic (exact) mass is 538 g/mol. The zero-order valence-corrected chi connectivity index (χ0v) is 22.1. The van der Waals surface area contributed by atoms with E-state index in [9.17, 15) is 28.1 Å². The first-order valence-corrected chi connectivity index (χ1v) is 13.7. The van der Waals surface area contributed by atoms with Crippen LogP contribution in [0.15, 0.2) is 48.5 Å². The maximum Gasteiger partial charge on any atom is 0.271 e. The number of nitrogens with zero attached hydrogens (tertiary/aromatic N) is 3. The number of carbonyl (C=O) groups is 2. The number of hydrogen-bond acceptors (Lipinski definition) is 6. The van der Waals surface area contributed by atoms with Crippen LogP contribution in [0.2, 0.25) is 5.02 Å². The van der Waals surface area contributed by atoms with Crippen LogP contribution in [0.25, 0.3) is 0 Å². The van der Waals surface area contributed by atoms with Crippen LogP contribution in [0.5, 0.6) is 0 Å². The molecule has 0 fully saturated rings. The lowest BCUT2D eigenvalue weighted by molar-refractivity contribution is -0.384. The molecular formula is C24H31ClN4O6S. The van der Waals surface area contributed by atoms with Crippen molar-refractivity contribution in [2.75, 3.05) is 23.7 Å². The number of unbranched alkanes of at least 4 members (excludes halogenated alkanes) is 1. The molecule has 0 radical (unpaired) electrons. The van der Waals surface area contributed by atoms with Crippen LogP contribution in [0.1, 0.15) is 38.7 Å². The Labute approximate surface area is 216 Å². The molecule has 196 valence electrons. The number of anilines is 1. The second kappa shape index (κ2) is 13.2. The molecule has 1 atom stereocenters. The maximum atomic E-state index is 13.6. The minimum absolute atomic E-state index is 0.0231. The molecule has 0 saturated heterocycles. The van der Waals surface area contributed by atoms with E-state index in [1.165, 1.54) is 23.1 Å². The second-order valence-electron chi connectivity index (χ2n) is 8.23. The minimum Gasteiger partial charge on any atom is -0.354 e. The molecule has 1 N–H and O–H groups in total. The Kier molecular flexibility index (Phi) is 10.7. The van der Waals surface area contributed by atoms with Crippen molar-refractivity contribution >= 4 is 44.8 Å². The van der Waals surface area contributed by atoms with E-state index in [-0.39, 0.29) is 30.2 Å². The van der Waals surface area contributed by atoms with Crippen LogP contribution >= 0.6 is 11.6 Å². The molecule has 12 heteroatoms. The topological polar surface area (TPSA) is 130 Å². The van der Waals surface area contributed by atoms with Crippen molar-refractivity contribution in [1.29, 1.82) is 0 Å². The van der Waals surface area contributed by atoms with Gasteiger partial charge in [0.2, 0.25) is 21.8 Å². The summed E-state index contributed by atoms with van der Waals surface area (Å²) in [6.45, 7) is 3.52. The zero-order chi connectivity index (χ0) is 26.9. The lowest BCUT2D eigenvalue weighted by Crippen LogP contribution is -2.52. The van der Waals surface area contributed by atoms with Crippen molar-refractivity contribution in [3.8, 4) is 0 Å². The Balaban J connectivity index is 2.45. The number of nitrogens with one attached hydrogen (secondary N) is 1. The number of halogens is 1. The summed E-state index contributed by atoms with van der Waals surface area (Å²) in [6, 6.07) is 11.0. The molecule has 0 heterocycles. The molecular weight excluding hydrogens is 508 g/mol. The molecule has 0 aliphatic carbocycles. The summed E-state index contributed by atoms with van der Waals surface area (Å²) >= 11 is 6.32. The number of hydrogen-bond donors (Lipinski definition) is 1. The highest BCUT2D eigenvalue weighted by atomic mass is 35.5. The van der Waals surface area contributed by atoms with Gasteiger partial charge in [0.1, 0.15) is 12.6 Å². The Morgan fingerprint density at radius 3 is 2.42 bits per heavy atom. The molecule has 2 amide bonds. The fraction of sp³-hybridized carbons (Fsp3) is 0.417. The van der Waals surface area contributed by atoms with Gasteiger partial charge in [-0.1, -0.05) is 56.1 Å². The second-order valence-corrected chi connectivity index (χ2v) is 10.5. The molecule has 0 aliphatic heterocycles. The fourth-order valence-electron chi connectivity index (χ4n) is 3.61. The standard InChI is InChI=1S/C24H31ClN4O6S/c1-4-6-14-26-24(31)22(5-2)27(16-18-10-7-8-13-21(18)25)23(30)17-28(36(3,34)35)19-11-9-12-20(15-19)29(32)33/h7-13,15,22H,4-6,14,16-17H2,1-3H3,(H,26,31)/t22-/m0/s1. The van der Waals surface area contributed by atoms with Crippen molar-refractivity contribution in [1.82, 2.24) is 10.2 Å². The van der Waals surface area contributed by atoms with Crippen LogP contribution in [0.4, 0.5) is 11.4 Å². The third-order valence-electron chi connectivity index (χ3n) is 5.52. The van der Waals surface area contributed by atoms with E-state index in [4.69, 9.17) is 11.6 Å². The summed E-state index contributed by atoms with van der Waals surface area (Å²) in [7, 11) is -4.00. The third kappa shape index (κ3) is 7.92. The predicted octanol–water partition coefficient (Wildman–Crippen LogP) is 3.74. The van der Waals surface area contributed by atoms with Gasteiger partial charge in [0.25, 0.3) is 5.69 Å². The number of rotatable bonds is 13. The van der Waals surface area contributed by atoms with Crippen molar-refractivity contribution in [3.63, 3.8) is 0 Å². The highest BCUT2D eigenvalue weighted by Gasteiger charge is 2.32. The number of amides is 2. The van der Waals surface area contributed by atoms with Crippen molar-refractivity contribution in [2.24, 2.45) is 0 Å². The lowest BCUT2D eigenvalue weighted by atomic mass is 10.1. The van der Waals surface area contributed by atoms with Gasteiger partial charge >= 0.3 is 0 Å². The first-order chi connectivity index (χ1) is 17.0. The van der Waals surface area contributed by atoms with Crippen LogP contribution < -0.4 is 9.62 Å². The summed E-state index contributed by atoms with van der Waals surface area (Å²) in [6.07, 6.45) is 2.84. The summed E-state index contributed by atoms with van der Waals surface area (Å²) in [5.74, 6) is -1.00. The molecule has 10 nitrogen and oxygen atoms in total. The van der Waals surface area contributed by atoms with Gasteiger partial charge in [-0.25, -0.2) is 8.42 Å². The molecule has 0 saturated carbocycles. The molecule has 2 aromatic rings. The summed E-state index contributed by atoms with van der Waals surface area (Å²) < 4.78 is 26.0. The molecule has 2 aromatic carbocycles. The number of nitro benzene ring substituents is 1. The van der Waals surface area contributed by atoms with Gasteiger partial charge < -0.3 is 10.2 Å². The van der Waals surface area contributed by atoms with E-state index in [1.807, 2.05) is 6.92 Å². The van der Waals surface area contributed by atoms with Crippen LogP contribution in [-0.2, 0) is 26.2 Å². The van der Waals surface area contributed by atoms with E-state index >= 15 is 0 Å². The highest BCUT2D eigenvalue weighted by Crippen LogP contribution is 2.25. The van der Waals surface area contributed by atoms with Crippen molar-refractivity contribution in [3.05, 3.63) is 69.2 Å². The molecule has 36 heavy (non-hydrogen) atoms. The molecule has 2 rings (SSSR count). The Bertz CT molecular complexity index is 1190. The van der Waals surface area contributed by atoms with E-state index in [1.54, 1.807) is 31.2 Å². The minimum atomic E-state index is -4.00. The van der Waals surface area contributed by atoms with Gasteiger partial charge in [-0.3, -0.25) is 24.0 Å². The van der Waals surface area contributed by atoms with Gasteiger partial charge in [0.05, 0.1) is 16.9 Å². The first-order valence-electron chi connectivity index (χ1n) is 11.5. The summed E-state index contributed by atoms with van der Waals surface area (Å²) in [5, 5.41) is 14.4. The molecule has 0 spiro atoms. The predicted molar refractivity (Wildman–Crippen MR) is 139 cm³/mol. The van der Waals surface area contributed by atoms with Crippen LogP contribution in [-0.4, -0.2) is 55.4 Å². The smallest absolute Gasteiger partial charge is 0.271 e. The van der Waals surface area contributed by atoms with E-state index in [2.05, 4.69) is 5.32 Å². The molecule has 0 aromatic heterocycles. The van der Waals surface area contributed by atoms with Crippen molar-refractivity contribution in [2.45, 2.75) is 45.7 Å². The largest absolute Gasteiger partial charge is 0.354 e. The van der Waals surface area contributed by atoms with Crippen LogP contribution in [0, 0.1) is 10.1 Å². The maximum absolute atomic E-state index is 13.6. The number of non-ortho nitro benzene ring substituents is 1.